The van der Waals surface area contributed by atoms with Crippen molar-refractivity contribution in [3.05, 3.63) is 29.8 Å². The van der Waals surface area contributed by atoms with Gasteiger partial charge in [0.25, 0.3) is 0 Å². The number of benzene rings is 1. The lowest BCUT2D eigenvalue weighted by atomic mass is 10.2. The number of primary amides is 1. The topological polar surface area (TPSA) is 104 Å². The highest BCUT2D eigenvalue weighted by molar-refractivity contribution is 5.96. The van der Waals surface area contributed by atoms with Gasteiger partial charge in [0.1, 0.15) is 13.1 Å². The number of hydrogen-bond acceptors (Lipinski definition) is 3. The number of para-hydroxylation sites is 1. The number of aliphatic carboxylic acids is 1. The van der Waals surface area contributed by atoms with Crippen LogP contribution in [0.5, 0.6) is 0 Å². The monoisotopic (exact) mass is 279 g/mol. The summed E-state index contributed by atoms with van der Waals surface area (Å²) in [6, 6.07) is 6.56. The molecule has 0 fully saturated rings. The number of amides is 3. The summed E-state index contributed by atoms with van der Waals surface area (Å²) in [5, 5.41) is 8.79. The standard InChI is InChI=1S/C13H17N3O4/c1-9-5-3-4-6-10(9)15(2)13(20)16(7-11(14)17)8-12(18)19/h3-6H,7-8H2,1-2H3,(H2,14,17)(H,18,19). The van der Waals surface area contributed by atoms with Crippen LogP contribution in [0.2, 0.25) is 0 Å². The molecule has 1 aromatic rings. The SMILES string of the molecule is Cc1ccccc1N(C)C(=O)N(CC(N)=O)CC(=O)O. The Morgan fingerprint density at radius 2 is 1.80 bits per heavy atom. The molecule has 108 valence electrons. The second-order valence-corrected chi connectivity index (χ2v) is 4.34. The molecular weight excluding hydrogens is 262 g/mol. The summed E-state index contributed by atoms with van der Waals surface area (Å²) in [5.74, 6) is -1.98. The molecule has 0 aliphatic rings. The zero-order chi connectivity index (χ0) is 15.3. The number of anilines is 1. The van der Waals surface area contributed by atoms with E-state index in [1.54, 1.807) is 12.1 Å². The molecule has 1 rings (SSSR count). The molecule has 0 bridgehead atoms. The Bertz CT molecular complexity index is 514. The van der Waals surface area contributed by atoms with Gasteiger partial charge in [0.2, 0.25) is 5.91 Å². The number of carbonyl (C=O) groups is 3. The largest absolute Gasteiger partial charge is 0.480 e. The van der Waals surface area contributed by atoms with Crippen LogP contribution in [0.1, 0.15) is 5.56 Å². The predicted molar refractivity (Wildman–Crippen MR) is 73.4 cm³/mol. The van der Waals surface area contributed by atoms with Crippen LogP contribution in [0.15, 0.2) is 24.3 Å². The van der Waals surface area contributed by atoms with Crippen molar-refractivity contribution in [3.63, 3.8) is 0 Å². The van der Waals surface area contributed by atoms with Crippen molar-refractivity contribution < 1.29 is 19.5 Å². The van der Waals surface area contributed by atoms with Crippen molar-refractivity contribution in [1.29, 1.82) is 0 Å². The van der Waals surface area contributed by atoms with E-state index in [2.05, 4.69) is 0 Å². The van der Waals surface area contributed by atoms with Gasteiger partial charge in [-0.3, -0.25) is 14.5 Å². The molecule has 0 aliphatic carbocycles. The van der Waals surface area contributed by atoms with E-state index in [0.29, 0.717) is 5.69 Å². The third-order valence-corrected chi connectivity index (χ3v) is 2.71. The summed E-state index contributed by atoms with van der Waals surface area (Å²) in [4.78, 5) is 36.1. The number of hydrogen-bond donors (Lipinski definition) is 2. The molecule has 0 unspecified atom stereocenters. The minimum absolute atomic E-state index is 0.443. The molecule has 3 amide bonds. The van der Waals surface area contributed by atoms with E-state index in [1.165, 1.54) is 11.9 Å². The van der Waals surface area contributed by atoms with E-state index in [4.69, 9.17) is 10.8 Å². The van der Waals surface area contributed by atoms with Crippen molar-refractivity contribution >= 4 is 23.6 Å². The molecule has 1 aromatic carbocycles. The first kappa shape index (κ1) is 15.5. The maximum absolute atomic E-state index is 12.2. The minimum atomic E-state index is -1.21. The van der Waals surface area contributed by atoms with Gasteiger partial charge in [0.05, 0.1) is 0 Å². The predicted octanol–water partition coefficient (Wildman–Crippen LogP) is 0.423. The van der Waals surface area contributed by atoms with Crippen LogP contribution in [0.3, 0.4) is 0 Å². The van der Waals surface area contributed by atoms with Gasteiger partial charge in [-0.25, -0.2) is 4.79 Å². The van der Waals surface area contributed by atoms with Gasteiger partial charge in [-0.1, -0.05) is 18.2 Å². The van der Waals surface area contributed by atoms with Crippen LogP contribution in [-0.4, -0.2) is 48.1 Å². The van der Waals surface area contributed by atoms with Crippen LogP contribution >= 0.6 is 0 Å². The van der Waals surface area contributed by atoms with Crippen LogP contribution in [-0.2, 0) is 9.59 Å². The summed E-state index contributed by atoms with van der Waals surface area (Å²) >= 11 is 0. The Kier molecular flexibility index (Phi) is 5.08. The average Bonchev–Trinajstić information content (AvgIpc) is 2.35. The Balaban J connectivity index is 2.96. The molecule has 0 atom stereocenters. The highest BCUT2D eigenvalue weighted by Gasteiger charge is 2.23. The summed E-state index contributed by atoms with van der Waals surface area (Å²) in [6.07, 6.45) is 0. The Morgan fingerprint density at radius 1 is 1.20 bits per heavy atom. The van der Waals surface area contributed by atoms with Crippen LogP contribution in [0.4, 0.5) is 10.5 Å². The Labute approximate surface area is 116 Å². The van der Waals surface area contributed by atoms with Gasteiger partial charge in [0.15, 0.2) is 0 Å². The quantitative estimate of drug-likeness (QED) is 0.815. The zero-order valence-corrected chi connectivity index (χ0v) is 11.4. The number of carboxylic acid groups (broad SMARTS) is 1. The Hall–Kier alpha value is -2.57. The Morgan fingerprint density at radius 3 is 2.30 bits per heavy atom. The first-order valence-corrected chi connectivity index (χ1v) is 5.91. The lowest BCUT2D eigenvalue weighted by molar-refractivity contribution is -0.137. The van der Waals surface area contributed by atoms with Crippen molar-refractivity contribution in [1.82, 2.24) is 4.90 Å². The van der Waals surface area contributed by atoms with Crippen LogP contribution in [0, 0.1) is 6.92 Å². The van der Waals surface area contributed by atoms with E-state index < -0.39 is 31.0 Å². The summed E-state index contributed by atoms with van der Waals surface area (Å²) in [7, 11) is 1.51. The van der Waals surface area contributed by atoms with Gasteiger partial charge < -0.3 is 15.7 Å². The molecule has 0 aromatic heterocycles. The smallest absolute Gasteiger partial charge is 0.325 e. The molecule has 0 spiro atoms. The van der Waals surface area contributed by atoms with E-state index in [1.807, 2.05) is 19.1 Å². The van der Waals surface area contributed by atoms with Gasteiger partial charge in [-0.05, 0) is 18.6 Å². The first-order valence-electron chi connectivity index (χ1n) is 5.91. The number of carbonyl (C=O) groups excluding carboxylic acids is 2. The van der Waals surface area contributed by atoms with E-state index in [0.717, 1.165) is 10.5 Å². The lowest BCUT2D eigenvalue weighted by Crippen LogP contribution is -2.47. The first-order chi connectivity index (χ1) is 9.32. The molecule has 3 N–H and O–H groups in total. The van der Waals surface area contributed by atoms with E-state index in [9.17, 15) is 14.4 Å². The fraction of sp³-hybridized carbons (Fsp3) is 0.308. The van der Waals surface area contributed by atoms with Gasteiger partial charge in [-0.15, -0.1) is 0 Å². The number of carboxylic acids is 1. The van der Waals surface area contributed by atoms with E-state index in [-0.39, 0.29) is 0 Å². The summed E-state index contributed by atoms with van der Waals surface area (Å²) in [5.41, 5.74) is 6.53. The highest BCUT2D eigenvalue weighted by atomic mass is 16.4. The molecule has 0 heterocycles. The van der Waals surface area contributed by atoms with Crippen LogP contribution < -0.4 is 10.6 Å². The normalized spacial score (nSPS) is 9.90. The molecule has 0 saturated heterocycles. The number of urea groups is 1. The summed E-state index contributed by atoms with van der Waals surface area (Å²) in [6.45, 7) is 0.800. The third kappa shape index (κ3) is 3.98. The van der Waals surface area contributed by atoms with E-state index >= 15 is 0 Å². The lowest BCUT2D eigenvalue weighted by Gasteiger charge is -2.27. The number of nitrogens with two attached hydrogens (primary N) is 1. The minimum Gasteiger partial charge on any atom is -0.480 e. The van der Waals surface area contributed by atoms with Gasteiger partial charge >= 0.3 is 12.0 Å². The molecular formula is C13H17N3O4. The zero-order valence-electron chi connectivity index (χ0n) is 11.4. The summed E-state index contributed by atoms with van der Waals surface area (Å²) < 4.78 is 0. The second-order valence-electron chi connectivity index (χ2n) is 4.34. The number of nitrogens with zero attached hydrogens (tertiary/aromatic N) is 2. The molecule has 0 radical (unpaired) electrons. The van der Waals surface area contributed by atoms with Gasteiger partial charge in [0, 0.05) is 12.7 Å². The molecule has 0 aliphatic heterocycles. The van der Waals surface area contributed by atoms with Crippen molar-refractivity contribution in [2.75, 3.05) is 25.0 Å². The van der Waals surface area contributed by atoms with Crippen molar-refractivity contribution in [2.45, 2.75) is 6.92 Å². The number of rotatable bonds is 5. The second kappa shape index (κ2) is 6.55. The average molecular weight is 279 g/mol. The molecule has 20 heavy (non-hydrogen) atoms. The highest BCUT2D eigenvalue weighted by Crippen LogP contribution is 2.19. The number of aryl methyl sites for hydroxylation is 1. The van der Waals surface area contributed by atoms with Crippen molar-refractivity contribution in [2.24, 2.45) is 5.73 Å². The molecule has 0 saturated carbocycles. The van der Waals surface area contributed by atoms with Crippen LogP contribution in [0.25, 0.3) is 0 Å². The molecule has 7 nitrogen and oxygen atoms in total. The fourth-order valence-corrected chi connectivity index (χ4v) is 1.80. The fourth-order valence-electron chi connectivity index (χ4n) is 1.80. The maximum atomic E-state index is 12.2. The third-order valence-electron chi connectivity index (χ3n) is 2.71. The maximum Gasteiger partial charge on any atom is 0.325 e. The van der Waals surface area contributed by atoms with Gasteiger partial charge in [-0.2, -0.15) is 0 Å². The van der Waals surface area contributed by atoms with Crippen molar-refractivity contribution in [3.8, 4) is 0 Å². The molecule has 7 heteroatoms.